The summed E-state index contributed by atoms with van der Waals surface area (Å²) in [7, 11) is 0. The van der Waals surface area contributed by atoms with Crippen LogP contribution < -0.4 is 20.1 Å². The summed E-state index contributed by atoms with van der Waals surface area (Å²) in [4.78, 5) is 25.2. The van der Waals surface area contributed by atoms with Gasteiger partial charge in [0.2, 0.25) is 11.8 Å². The van der Waals surface area contributed by atoms with E-state index >= 15 is 0 Å². The van der Waals surface area contributed by atoms with Crippen LogP contribution in [0.4, 0.5) is 0 Å². The van der Waals surface area contributed by atoms with E-state index in [4.69, 9.17) is 9.47 Å². The molecule has 5 unspecified atom stereocenters. The molecule has 0 spiro atoms. The molecule has 0 radical (unpaired) electrons. The van der Waals surface area contributed by atoms with Crippen molar-refractivity contribution in [2.24, 2.45) is 11.3 Å². The monoisotopic (exact) mass is 488 g/mol. The van der Waals surface area contributed by atoms with Gasteiger partial charge in [-0.15, -0.1) is 0 Å². The molecular weight excluding hydrogens is 452 g/mol. The molecule has 36 heavy (non-hydrogen) atoms. The molecule has 6 heteroatoms. The second-order valence-corrected chi connectivity index (χ2v) is 10.9. The summed E-state index contributed by atoms with van der Waals surface area (Å²) in [5.41, 5.74) is 5.16. The number of ether oxygens (including phenoxy) is 2. The van der Waals surface area contributed by atoms with Crippen molar-refractivity contribution in [1.29, 1.82) is 0 Å². The SMILES string of the molecule is CCC(=O)NCC1(C(NC(=O)CC)C2CC2c2cccc3c2CCO3)CC1c1cccc2c1CCO2. The lowest BCUT2D eigenvalue weighted by Crippen LogP contribution is -2.48. The Bertz CT molecular complexity index is 1190. The smallest absolute Gasteiger partial charge is 0.219 e. The molecule has 190 valence electrons. The van der Waals surface area contributed by atoms with E-state index < -0.39 is 0 Å². The highest BCUT2D eigenvalue weighted by molar-refractivity contribution is 5.77. The van der Waals surface area contributed by atoms with Gasteiger partial charge >= 0.3 is 0 Å². The van der Waals surface area contributed by atoms with Crippen molar-refractivity contribution in [1.82, 2.24) is 10.6 Å². The van der Waals surface area contributed by atoms with Gasteiger partial charge in [-0.1, -0.05) is 38.1 Å². The largest absolute Gasteiger partial charge is 0.493 e. The van der Waals surface area contributed by atoms with Gasteiger partial charge in [-0.3, -0.25) is 9.59 Å². The van der Waals surface area contributed by atoms with Gasteiger partial charge in [0.05, 0.1) is 13.2 Å². The normalized spacial score (nSPS) is 27.8. The summed E-state index contributed by atoms with van der Waals surface area (Å²) in [5.74, 6) is 3.20. The number of nitrogens with one attached hydrogen (secondary N) is 2. The van der Waals surface area contributed by atoms with E-state index in [1.54, 1.807) is 0 Å². The van der Waals surface area contributed by atoms with Gasteiger partial charge in [-0.05, 0) is 53.9 Å². The summed E-state index contributed by atoms with van der Waals surface area (Å²) in [6.45, 7) is 5.86. The van der Waals surface area contributed by atoms with E-state index in [0.717, 1.165) is 50.4 Å². The molecule has 2 saturated carbocycles. The second-order valence-electron chi connectivity index (χ2n) is 10.9. The van der Waals surface area contributed by atoms with Crippen molar-refractivity contribution in [3.8, 4) is 11.5 Å². The maximum absolute atomic E-state index is 12.8. The number of rotatable bonds is 9. The Hall–Kier alpha value is -3.02. The Morgan fingerprint density at radius 1 is 0.944 bits per heavy atom. The van der Waals surface area contributed by atoms with E-state index in [9.17, 15) is 9.59 Å². The van der Waals surface area contributed by atoms with Gasteiger partial charge in [-0.25, -0.2) is 0 Å². The van der Waals surface area contributed by atoms with Crippen molar-refractivity contribution in [2.45, 2.75) is 70.3 Å². The van der Waals surface area contributed by atoms with Crippen LogP contribution in [0.25, 0.3) is 0 Å². The lowest BCUT2D eigenvalue weighted by Gasteiger charge is -2.31. The minimum Gasteiger partial charge on any atom is -0.493 e. The maximum Gasteiger partial charge on any atom is 0.219 e. The highest BCUT2D eigenvalue weighted by Gasteiger charge is 2.65. The molecular formula is C30H36N2O4. The lowest BCUT2D eigenvalue weighted by atomic mass is 9.84. The van der Waals surface area contributed by atoms with Crippen molar-refractivity contribution in [3.63, 3.8) is 0 Å². The average molecular weight is 489 g/mol. The molecule has 2 aliphatic carbocycles. The van der Waals surface area contributed by atoms with Crippen LogP contribution in [0.3, 0.4) is 0 Å². The first-order valence-electron chi connectivity index (χ1n) is 13.6. The topological polar surface area (TPSA) is 76.7 Å². The van der Waals surface area contributed by atoms with Gasteiger partial charge in [0.25, 0.3) is 0 Å². The fraction of sp³-hybridized carbons (Fsp3) is 0.533. The summed E-state index contributed by atoms with van der Waals surface area (Å²) in [5, 5.41) is 6.67. The van der Waals surface area contributed by atoms with E-state index in [0.29, 0.717) is 37.1 Å². The minimum absolute atomic E-state index is 0.00783. The van der Waals surface area contributed by atoms with Crippen LogP contribution in [0.2, 0.25) is 0 Å². The van der Waals surface area contributed by atoms with Crippen LogP contribution in [0.5, 0.6) is 11.5 Å². The van der Waals surface area contributed by atoms with Crippen LogP contribution in [-0.4, -0.2) is 37.6 Å². The second kappa shape index (κ2) is 9.13. The standard InChI is InChI=1S/C30H36N2O4/c1-3-27(33)31-17-30(16-24(30)19-8-6-10-26-21(19)12-14-36-26)29(32-28(34)4-2)23-15-22(23)18-7-5-9-25-20(18)11-13-35-25/h5-10,22-24,29H,3-4,11-17H2,1-2H3,(H,31,33)(H,32,34). The minimum atomic E-state index is -0.193. The molecule has 0 bridgehead atoms. The molecule has 4 aliphatic rings. The number of benzene rings is 2. The van der Waals surface area contributed by atoms with E-state index in [1.807, 2.05) is 13.8 Å². The highest BCUT2D eigenvalue weighted by Crippen LogP contribution is 2.68. The molecule has 6 rings (SSSR count). The third-order valence-electron chi connectivity index (χ3n) is 8.91. The number of amides is 2. The number of hydrogen-bond donors (Lipinski definition) is 2. The quantitative estimate of drug-likeness (QED) is 0.553. The van der Waals surface area contributed by atoms with Crippen LogP contribution in [0.15, 0.2) is 36.4 Å². The fourth-order valence-electron chi connectivity index (χ4n) is 6.84. The lowest BCUT2D eigenvalue weighted by molar-refractivity contribution is -0.122. The van der Waals surface area contributed by atoms with Gasteiger partial charge in [0.1, 0.15) is 11.5 Å². The molecule has 6 nitrogen and oxygen atoms in total. The summed E-state index contributed by atoms with van der Waals surface area (Å²) in [6.07, 6.45) is 4.81. The molecule has 0 saturated heterocycles. The van der Waals surface area contributed by atoms with Crippen molar-refractivity contribution < 1.29 is 19.1 Å². The van der Waals surface area contributed by atoms with Gasteiger partial charge in [0.15, 0.2) is 0 Å². The molecule has 2 aromatic carbocycles. The zero-order valence-electron chi connectivity index (χ0n) is 21.3. The van der Waals surface area contributed by atoms with Crippen molar-refractivity contribution in [2.75, 3.05) is 19.8 Å². The summed E-state index contributed by atoms with van der Waals surface area (Å²) < 4.78 is 11.7. The van der Waals surface area contributed by atoms with Gasteiger partial charge in [0, 0.05) is 54.8 Å². The molecule has 2 aromatic rings. The average Bonchev–Trinajstić information content (AvgIpc) is 3.70. The zero-order valence-corrected chi connectivity index (χ0v) is 21.3. The predicted octanol–water partition coefficient (Wildman–Crippen LogP) is 4.25. The van der Waals surface area contributed by atoms with E-state index in [-0.39, 0.29) is 23.3 Å². The molecule has 2 aliphatic heterocycles. The Morgan fingerprint density at radius 3 is 2.25 bits per heavy atom. The molecule has 2 fully saturated rings. The van der Waals surface area contributed by atoms with E-state index in [2.05, 4.69) is 47.0 Å². The number of carbonyl (C=O) groups excluding carboxylic acids is 2. The van der Waals surface area contributed by atoms with Crippen LogP contribution in [0.1, 0.15) is 73.6 Å². The van der Waals surface area contributed by atoms with Crippen LogP contribution in [0, 0.1) is 11.3 Å². The molecule has 2 heterocycles. The van der Waals surface area contributed by atoms with Crippen LogP contribution in [-0.2, 0) is 22.4 Å². The summed E-state index contributed by atoms with van der Waals surface area (Å²) >= 11 is 0. The Morgan fingerprint density at radius 2 is 1.58 bits per heavy atom. The number of hydrogen-bond acceptors (Lipinski definition) is 4. The Balaban J connectivity index is 1.34. The third kappa shape index (κ3) is 3.95. The summed E-state index contributed by atoms with van der Waals surface area (Å²) in [6, 6.07) is 12.8. The molecule has 5 atom stereocenters. The first kappa shape index (κ1) is 23.4. The third-order valence-corrected chi connectivity index (χ3v) is 8.91. The molecule has 2 amide bonds. The first-order valence-corrected chi connectivity index (χ1v) is 13.6. The van der Waals surface area contributed by atoms with E-state index in [1.165, 1.54) is 22.3 Å². The number of fused-ring (bicyclic) bond motifs is 2. The predicted molar refractivity (Wildman–Crippen MR) is 137 cm³/mol. The zero-order chi connectivity index (χ0) is 24.9. The Kier molecular flexibility index (Phi) is 5.93. The van der Waals surface area contributed by atoms with Crippen molar-refractivity contribution >= 4 is 11.8 Å². The first-order chi connectivity index (χ1) is 17.6. The molecule has 2 N–H and O–H groups in total. The van der Waals surface area contributed by atoms with Crippen molar-refractivity contribution in [3.05, 3.63) is 58.7 Å². The Labute approximate surface area is 213 Å². The fourth-order valence-corrected chi connectivity index (χ4v) is 6.84. The van der Waals surface area contributed by atoms with Crippen LogP contribution >= 0.6 is 0 Å². The molecule has 0 aromatic heterocycles. The van der Waals surface area contributed by atoms with Gasteiger partial charge < -0.3 is 20.1 Å². The maximum atomic E-state index is 12.8. The highest BCUT2D eigenvalue weighted by atomic mass is 16.5. The van der Waals surface area contributed by atoms with Gasteiger partial charge in [-0.2, -0.15) is 0 Å². The number of carbonyl (C=O) groups is 2.